The molecule has 2 aliphatic rings. The Kier molecular flexibility index (Phi) is 4.59. The number of carbonyl (C=O) groups is 1. The lowest BCUT2D eigenvalue weighted by Crippen LogP contribution is -2.31. The number of amides is 2. The van der Waals surface area contributed by atoms with Gasteiger partial charge >= 0.3 is 6.03 Å². The van der Waals surface area contributed by atoms with Crippen molar-refractivity contribution in [3.8, 4) is 0 Å². The number of carbonyl (C=O) groups excluding carboxylic acids is 1. The maximum atomic E-state index is 11.7. The third-order valence-electron chi connectivity index (χ3n) is 2.93. The number of urea groups is 1. The van der Waals surface area contributed by atoms with Gasteiger partial charge in [-0.15, -0.1) is 11.8 Å². The molecule has 7 nitrogen and oxygen atoms in total. The average Bonchev–Trinajstić information content (AvgIpc) is 3.02. The maximum absolute atomic E-state index is 11.7. The minimum atomic E-state index is -0.222. The van der Waals surface area contributed by atoms with Crippen molar-refractivity contribution in [3.05, 3.63) is 30.3 Å². The first-order valence-electron chi connectivity index (χ1n) is 6.75. The number of para-hydroxylation sites is 1. The Morgan fingerprint density at radius 2 is 2.05 bits per heavy atom. The number of hydrogen-bond acceptors (Lipinski definition) is 6. The number of nitrogens with one attached hydrogen (secondary N) is 2. The molecule has 2 N–H and O–H groups in total. The molecule has 1 aromatic rings. The van der Waals surface area contributed by atoms with Crippen molar-refractivity contribution < 1.29 is 4.79 Å². The normalized spacial score (nSPS) is 18.5. The van der Waals surface area contributed by atoms with E-state index in [0.717, 1.165) is 10.7 Å². The number of fused-ring (bicyclic) bond motifs is 1. The molecule has 112 valence electrons. The van der Waals surface area contributed by atoms with Crippen molar-refractivity contribution in [2.75, 3.05) is 17.6 Å². The van der Waals surface area contributed by atoms with Gasteiger partial charge in [-0.3, -0.25) is 4.99 Å². The fourth-order valence-electron chi connectivity index (χ4n) is 1.92. The third-order valence-corrected chi connectivity index (χ3v) is 3.96. The minimum Gasteiger partial charge on any atom is -0.337 e. The minimum absolute atomic E-state index is 0.173. The molecule has 8 heteroatoms. The van der Waals surface area contributed by atoms with Crippen molar-refractivity contribution in [2.45, 2.75) is 6.04 Å². The Balaban J connectivity index is 1.40. The number of hydrogen-bond donors (Lipinski definition) is 2. The second kappa shape index (κ2) is 6.99. The number of thioether (sulfide) groups is 1. The standard InChI is InChI=1S/C14H14N6OS/c21-14(20-10-4-2-1-3-5-10)15-6-7-22-13-11-12(17-8-16-11)18-9-19-13/h1-5,8-9,11H,6-7H2,(H2,15,20,21). The van der Waals surface area contributed by atoms with Crippen molar-refractivity contribution in [1.29, 1.82) is 0 Å². The van der Waals surface area contributed by atoms with Crippen molar-refractivity contribution in [1.82, 2.24) is 5.32 Å². The second-order valence-electron chi connectivity index (χ2n) is 4.46. The van der Waals surface area contributed by atoms with Gasteiger partial charge in [0.05, 0.1) is 0 Å². The molecule has 0 bridgehead atoms. The summed E-state index contributed by atoms with van der Waals surface area (Å²) in [5.74, 6) is 1.38. The fourth-order valence-corrected chi connectivity index (χ4v) is 2.78. The molecule has 1 atom stereocenters. The van der Waals surface area contributed by atoms with Gasteiger partial charge in [-0.1, -0.05) is 18.2 Å². The molecule has 0 aliphatic carbocycles. The van der Waals surface area contributed by atoms with E-state index in [1.807, 2.05) is 30.3 Å². The van der Waals surface area contributed by atoms with Crippen LogP contribution in [-0.2, 0) is 0 Å². The number of amidine groups is 1. The van der Waals surface area contributed by atoms with E-state index in [2.05, 4.69) is 30.6 Å². The maximum Gasteiger partial charge on any atom is 0.319 e. The molecule has 1 aromatic carbocycles. The molecule has 0 radical (unpaired) electrons. The predicted molar refractivity (Wildman–Crippen MR) is 91.6 cm³/mol. The summed E-state index contributed by atoms with van der Waals surface area (Å²) in [6.45, 7) is 0.530. The highest BCUT2D eigenvalue weighted by Crippen LogP contribution is 2.17. The van der Waals surface area contributed by atoms with Crippen LogP contribution in [0.3, 0.4) is 0 Å². The molecule has 3 rings (SSSR count). The quantitative estimate of drug-likeness (QED) is 0.830. The Morgan fingerprint density at radius 1 is 1.18 bits per heavy atom. The first kappa shape index (κ1) is 14.5. The first-order chi connectivity index (χ1) is 10.8. The molecule has 2 aliphatic heterocycles. The summed E-state index contributed by atoms with van der Waals surface area (Å²) >= 11 is 1.54. The highest BCUT2D eigenvalue weighted by molar-refractivity contribution is 8.14. The number of anilines is 1. The van der Waals surface area contributed by atoms with E-state index in [4.69, 9.17) is 0 Å². The van der Waals surface area contributed by atoms with Gasteiger partial charge in [-0.2, -0.15) is 0 Å². The van der Waals surface area contributed by atoms with Gasteiger partial charge < -0.3 is 10.6 Å². The van der Waals surface area contributed by atoms with E-state index in [0.29, 0.717) is 18.1 Å². The Bertz CT molecular complexity index is 667. The van der Waals surface area contributed by atoms with Gasteiger partial charge in [0.1, 0.15) is 17.7 Å². The fraction of sp³-hybridized carbons (Fsp3) is 0.214. The lowest BCUT2D eigenvalue weighted by atomic mass is 10.3. The zero-order chi connectivity index (χ0) is 15.2. The van der Waals surface area contributed by atoms with Gasteiger partial charge in [0.2, 0.25) is 0 Å². The van der Waals surface area contributed by atoms with Crippen molar-refractivity contribution in [2.24, 2.45) is 20.0 Å². The zero-order valence-electron chi connectivity index (χ0n) is 11.6. The molecule has 0 aromatic heterocycles. The smallest absolute Gasteiger partial charge is 0.319 e. The summed E-state index contributed by atoms with van der Waals surface area (Å²) in [6.07, 6.45) is 2.99. The lowest BCUT2D eigenvalue weighted by molar-refractivity contribution is 0.252. The van der Waals surface area contributed by atoms with Crippen LogP contribution in [0.25, 0.3) is 0 Å². The summed E-state index contributed by atoms with van der Waals surface area (Å²) in [5, 5.41) is 6.42. The highest BCUT2D eigenvalue weighted by Gasteiger charge is 2.26. The number of aliphatic imine (C=N–C) groups is 4. The predicted octanol–water partition coefficient (Wildman–Crippen LogP) is 1.79. The van der Waals surface area contributed by atoms with Crippen LogP contribution in [0.5, 0.6) is 0 Å². The van der Waals surface area contributed by atoms with Crippen molar-refractivity contribution in [3.63, 3.8) is 0 Å². The molecule has 1 unspecified atom stereocenters. The number of benzene rings is 1. The molecule has 22 heavy (non-hydrogen) atoms. The van der Waals surface area contributed by atoms with E-state index >= 15 is 0 Å². The molecule has 0 fully saturated rings. The molecule has 0 saturated heterocycles. The molecule has 0 saturated carbocycles. The van der Waals surface area contributed by atoms with Crippen LogP contribution in [0.2, 0.25) is 0 Å². The summed E-state index contributed by atoms with van der Waals surface area (Å²) in [5.41, 5.74) is 0.765. The van der Waals surface area contributed by atoms with E-state index in [1.54, 1.807) is 11.8 Å². The Hall–Kier alpha value is -2.48. The zero-order valence-corrected chi connectivity index (χ0v) is 12.5. The molecule has 2 amide bonds. The number of nitrogens with zero attached hydrogens (tertiary/aromatic N) is 4. The summed E-state index contributed by atoms with van der Waals surface area (Å²) in [4.78, 5) is 28.3. The average molecular weight is 314 g/mol. The van der Waals surface area contributed by atoms with E-state index in [1.165, 1.54) is 12.7 Å². The number of rotatable bonds is 4. The van der Waals surface area contributed by atoms with Crippen LogP contribution in [0, 0.1) is 0 Å². The first-order valence-corrected chi connectivity index (χ1v) is 7.74. The lowest BCUT2D eigenvalue weighted by Gasteiger charge is -2.13. The largest absolute Gasteiger partial charge is 0.337 e. The van der Waals surface area contributed by atoms with Crippen molar-refractivity contribution >= 4 is 47.0 Å². The Morgan fingerprint density at radius 3 is 2.91 bits per heavy atom. The van der Waals surface area contributed by atoms with Crippen LogP contribution < -0.4 is 10.6 Å². The summed E-state index contributed by atoms with van der Waals surface area (Å²) < 4.78 is 0. The van der Waals surface area contributed by atoms with Crippen LogP contribution in [-0.4, -0.2) is 47.9 Å². The van der Waals surface area contributed by atoms with Crippen LogP contribution in [0.4, 0.5) is 10.5 Å². The Labute approximate surface area is 131 Å². The van der Waals surface area contributed by atoms with Gasteiger partial charge in [-0.05, 0) is 12.1 Å². The summed E-state index contributed by atoms with van der Waals surface area (Å²) in [7, 11) is 0. The SMILES string of the molecule is O=C(NCCSC1=NC=NC2=NC=NC21)Nc1ccccc1. The highest BCUT2D eigenvalue weighted by atomic mass is 32.2. The van der Waals surface area contributed by atoms with Crippen LogP contribution >= 0.6 is 11.8 Å². The molecule has 2 heterocycles. The van der Waals surface area contributed by atoms with Gasteiger partial charge in [0.25, 0.3) is 0 Å². The summed E-state index contributed by atoms with van der Waals surface area (Å²) in [6, 6.07) is 8.92. The van der Waals surface area contributed by atoms with E-state index in [9.17, 15) is 4.79 Å². The monoisotopic (exact) mass is 314 g/mol. The van der Waals surface area contributed by atoms with E-state index < -0.39 is 0 Å². The van der Waals surface area contributed by atoms with Gasteiger partial charge in [0.15, 0.2) is 11.9 Å². The van der Waals surface area contributed by atoms with E-state index in [-0.39, 0.29) is 12.1 Å². The second-order valence-corrected chi connectivity index (χ2v) is 5.58. The van der Waals surface area contributed by atoms with Gasteiger partial charge in [-0.25, -0.2) is 19.8 Å². The van der Waals surface area contributed by atoms with Crippen LogP contribution in [0.1, 0.15) is 0 Å². The molecular formula is C14H14N6OS. The third kappa shape index (κ3) is 3.59. The molecule has 0 spiro atoms. The molecular weight excluding hydrogens is 300 g/mol. The van der Waals surface area contributed by atoms with Gasteiger partial charge in [0, 0.05) is 18.0 Å². The topological polar surface area (TPSA) is 90.6 Å². The van der Waals surface area contributed by atoms with Crippen LogP contribution in [0.15, 0.2) is 50.3 Å².